The van der Waals surface area contributed by atoms with Crippen molar-refractivity contribution in [2.75, 3.05) is 25.4 Å². The molecule has 1 unspecified atom stereocenters. The SMILES string of the molecule is [C-]#[N+]N1CCC(CCOc2ccnc(N)c2)C1. The molecule has 17 heavy (non-hydrogen) atoms. The highest BCUT2D eigenvalue weighted by molar-refractivity contribution is 5.35. The number of aromatic nitrogens is 1. The second-order valence-electron chi connectivity index (χ2n) is 4.22. The molecule has 1 aliphatic rings. The van der Waals surface area contributed by atoms with Gasteiger partial charge in [0.15, 0.2) is 0 Å². The zero-order valence-corrected chi connectivity index (χ0v) is 9.67. The zero-order valence-electron chi connectivity index (χ0n) is 9.67. The molecule has 2 rings (SSSR count). The Morgan fingerprint density at radius 3 is 3.24 bits per heavy atom. The fraction of sp³-hybridized carbons (Fsp3) is 0.500. The molecule has 2 heterocycles. The third-order valence-electron chi connectivity index (χ3n) is 2.95. The number of ether oxygens (including phenoxy) is 1. The molecule has 0 aromatic carbocycles. The number of nitrogens with zero attached hydrogens (tertiary/aromatic N) is 3. The predicted molar refractivity (Wildman–Crippen MR) is 65.0 cm³/mol. The molecule has 1 aromatic rings. The van der Waals surface area contributed by atoms with Gasteiger partial charge >= 0.3 is 0 Å². The molecule has 0 bridgehead atoms. The topological polar surface area (TPSA) is 55.7 Å². The molecular weight excluding hydrogens is 216 g/mol. The second-order valence-corrected chi connectivity index (χ2v) is 4.22. The number of nitrogens with two attached hydrogens (primary N) is 1. The Labute approximate surface area is 101 Å². The zero-order chi connectivity index (χ0) is 12.1. The van der Waals surface area contributed by atoms with Gasteiger partial charge in [-0.25, -0.2) is 4.98 Å². The normalized spacial score (nSPS) is 19.0. The molecule has 1 saturated heterocycles. The van der Waals surface area contributed by atoms with Gasteiger partial charge in [-0.1, -0.05) is 0 Å². The van der Waals surface area contributed by atoms with Crippen LogP contribution in [-0.4, -0.2) is 29.7 Å². The molecular formula is C12H16N4O. The van der Waals surface area contributed by atoms with E-state index in [0.29, 0.717) is 18.3 Å². The summed E-state index contributed by atoms with van der Waals surface area (Å²) in [7, 11) is 0. The van der Waals surface area contributed by atoms with Crippen LogP contribution in [-0.2, 0) is 0 Å². The van der Waals surface area contributed by atoms with E-state index in [1.807, 2.05) is 0 Å². The second kappa shape index (κ2) is 5.39. The molecule has 2 N–H and O–H groups in total. The van der Waals surface area contributed by atoms with E-state index < -0.39 is 0 Å². The maximum atomic E-state index is 6.92. The minimum atomic E-state index is 0.475. The highest BCUT2D eigenvalue weighted by Gasteiger charge is 2.24. The van der Waals surface area contributed by atoms with Crippen molar-refractivity contribution >= 4 is 5.82 Å². The van der Waals surface area contributed by atoms with Crippen LogP contribution in [0.25, 0.3) is 4.95 Å². The standard InChI is InChI=1S/C12H16N4O/c1-14-16-6-3-10(9-16)4-7-17-11-2-5-15-12(13)8-11/h2,5,8,10H,3-4,6-7,9H2,(H2,13,15). The van der Waals surface area contributed by atoms with E-state index in [2.05, 4.69) is 9.94 Å². The average Bonchev–Trinajstić information content (AvgIpc) is 2.77. The van der Waals surface area contributed by atoms with Crippen molar-refractivity contribution < 1.29 is 4.74 Å². The van der Waals surface area contributed by atoms with Gasteiger partial charge in [0.1, 0.15) is 11.6 Å². The van der Waals surface area contributed by atoms with E-state index in [1.54, 1.807) is 23.3 Å². The molecule has 1 fully saturated rings. The van der Waals surface area contributed by atoms with E-state index in [0.717, 1.165) is 31.7 Å². The Morgan fingerprint density at radius 1 is 1.65 bits per heavy atom. The van der Waals surface area contributed by atoms with Crippen LogP contribution in [0.1, 0.15) is 12.8 Å². The first-order valence-corrected chi connectivity index (χ1v) is 5.74. The van der Waals surface area contributed by atoms with E-state index in [-0.39, 0.29) is 0 Å². The van der Waals surface area contributed by atoms with Crippen molar-refractivity contribution in [2.24, 2.45) is 5.92 Å². The molecule has 0 spiro atoms. The van der Waals surface area contributed by atoms with Gasteiger partial charge in [0.25, 0.3) is 0 Å². The number of hydrogen-bond donors (Lipinski definition) is 1. The Hall–Kier alpha value is -1.96. The van der Waals surface area contributed by atoms with Gasteiger partial charge in [0.2, 0.25) is 0 Å². The van der Waals surface area contributed by atoms with Gasteiger partial charge in [-0.3, -0.25) is 0 Å². The summed E-state index contributed by atoms with van der Waals surface area (Å²) >= 11 is 0. The fourth-order valence-electron chi connectivity index (χ4n) is 2.00. The quantitative estimate of drug-likeness (QED) is 0.801. The lowest BCUT2D eigenvalue weighted by molar-refractivity contribution is 0.278. The molecule has 0 radical (unpaired) electrons. The molecule has 5 heteroatoms. The molecule has 1 aliphatic heterocycles. The number of hydrogen-bond acceptors (Lipinski definition) is 4. The Balaban J connectivity index is 1.72. The number of pyridine rings is 1. The first-order chi connectivity index (χ1) is 8.28. The Kier molecular flexibility index (Phi) is 3.66. The summed E-state index contributed by atoms with van der Waals surface area (Å²) in [4.78, 5) is 7.34. The first-order valence-electron chi connectivity index (χ1n) is 5.74. The van der Waals surface area contributed by atoms with E-state index in [1.165, 1.54) is 0 Å². The van der Waals surface area contributed by atoms with Crippen molar-refractivity contribution in [2.45, 2.75) is 12.8 Å². The van der Waals surface area contributed by atoms with Crippen LogP contribution in [0.2, 0.25) is 0 Å². The summed E-state index contributed by atoms with van der Waals surface area (Å²) in [6.07, 6.45) is 3.71. The maximum absolute atomic E-state index is 6.92. The lowest BCUT2D eigenvalue weighted by atomic mass is 10.1. The van der Waals surface area contributed by atoms with Gasteiger partial charge in [-0.15, -0.1) is 5.01 Å². The van der Waals surface area contributed by atoms with Crippen LogP contribution < -0.4 is 10.5 Å². The molecule has 0 aliphatic carbocycles. The smallest absolute Gasteiger partial charge is 0.126 e. The van der Waals surface area contributed by atoms with Crippen LogP contribution in [0, 0.1) is 12.5 Å². The molecule has 90 valence electrons. The van der Waals surface area contributed by atoms with E-state index in [9.17, 15) is 0 Å². The van der Waals surface area contributed by atoms with E-state index >= 15 is 0 Å². The largest absolute Gasteiger partial charge is 0.493 e. The van der Waals surface area contributed by atoms with Crippen LogP contribution >= 0.6 is 0 Å². The summed E-state index contributed by atoms with van der Waals surface area (Å²) in [6.45, 7) is 9.34. The highest BCUT2D eigenvalue weighted by Crippen LogP contribution is 2.20. The van der Waals surface area contributed by atoms with Gasteiger partial charge < -0.3 is 10.5 Å². The van der Waals surface area contributed by atoms with Crippen LogP contribution in [0.3, 0.4) is 0 Å². The van der Waals surface area contributed by atoms with E-state index in [4.69, 9.17) is 17.0 Å². The van der Waals surface area contributed by atoms with Crippen molar-refractivity contribution in [3.05, 3.63) is 29.9 Å². The Morgan fingerprint density at radius 2 is 2.53 bits per heavy atom. The molecule has 0 amide bonds. The summed E-state index contributed by atoms with van der Waals surface area (Å²) < 4.78 is 5.60. The molecule has 1 aromatic heterocycles. The summed E-state index contributed by atoms with van der Waals surface area (Å²) in [5.74, 6) is 1.81. The van der Waals surface area contributed by atoms with Gasteiger partial charge in [-0.05, 0) is 24.8 Å². The van der Waals surface area contributed by atoms with Crippen LogP contribution in [0.15, 0.2) is 18.3 Å². The first kappa shape index (κ1) is 11.5. The van der Waals surface area contributed by atoms with Gasteiger partial charge in [-0.2, -0.15) is 11.5 Å². The lowest BCUT2D eigenvalue weighted by Gasteiger charge is -2.09. The summed E-state index contributed by atoms with van der Waals surface area (Å²) in [6, 6.07) is 3.52. The average molecular weight is 232 g/mol. The number of anilines is 1. The fourth-order valence-corrected chi connectivity index (χ4v) is 2.00. The lowest BCUT2D eigenvalue weighted by Crippen LogP contribution is -2.13. The monoisotopic (exact) mass is 232 g/mol. The number of nitrogen functional groups attached to an aromatic ring is 1. The summed E-state index contributed by atoms with van der Waals surface area (Å²) in [5.41, 5.74) is 5.56. The van der Waals surface area contributed by atoms with Gasteiger partial charge in [0.05, 0.1) is 19.7 Å². The van der Waals surface area contributed by atoms with Crippen molar-refractivity contribution in [1.82, 2.24) is 9.99 Å². The van der Waals surface area contributed by atoms with Gasteiger partial charge in [0, 0.05) is 12.3 Å². The molecule has 0 saturated carbocycles. The Bertz CT molecular complexity index is 415. The van der Waals surface area contributed by atoms with Crippen molar-refractivity contribution in [1.29, 1.82) is 0 Å². The predicted octanol–water partition coefficient (Wildman–Crippen LogP) is 1.59. The van der Waals surface area contributed by atoms with Crippen molar-refractivity contribution in [3.8, 4) is 5.75 Å². The molecule has 5 nitrogen and oxygen atoms in total. The van der Waals surface area contributed by atoms with Crippen molar-refractivity contribution in [3.63, 3.8) is 0 Å². The third-order valence-corrected chi connectivity index (χ3v) is 2.95. The molecule has 1 atom stereocenters. The number of rotatable bonds is 4. The third kappa shape index (κ3) is 3.25. The summed E-state index contributed by atoms with van der Waals surface area (Å²) in [5, 5.41) is 1.79. The minimum Gasteiger partial charge on any atom is -0.493 e. The minimum absolute atomic E-state index is 0.475. The highest BCUT2D eigenvalue weighted by atomic mass is 16.5. The van der Waals surface area contributed by atoms with Crippen LogP contribution in [0.5, 0.6) is 5.75 Å². The van der Waals surface area contributed by atoms with Crippen LogP contribution in [0.4, 0.5) is 5.82 Å². The maximum Gasteiger partial charge on any atom is 0.126 e.